The van der Waals surface area contributed by atoms with Crippen molar-refractivity contribution in [1.82, 2.24) is 14.9 Å². The smallest absolute Gasteiger partial charge is 0.304 e. The van der Waals surface area contributed by atoms with Crippen molar-refractivity contribution in [2.75, 3.05) is 19.0 Å². The number of hydrogen-bond donors (Lipinski definition) is 2. The second-order valence-corrected chi connectivity index (χ2v) is 6.00. The highest BCUT2D eigenvalue weighted by Crippen LogP contribution is 2.28. The first kappa shape index (κ1) is 21.4. The van der Waals surface area contributed by atoms with E-state index in [1.54, 1.807) is 5.32 Å². The topological polar surface area (TPSA) is 67.7 Å². The number of hydrogen-bond acceptors (Lipinski definition) is 4. The van der Waals surface area contributed by atoms with Gasteiger partial charge in [-0.15, -0.1) is 0 Å². The molecule has 0 unspecified atom stereocenters. The minimum atomic E-state index is -5.06. The molecular weight excluding hydrogens is 411 g/mol. The molecule has 0 bridgehead atoms. The molecule has 0 aliphatic rings. The van der Waals surface area contributed by atoms with Crippen molar-refractivity contribution in [3.05, 3.63) is 71.6 Å². The van der Waals surface area contributed by atoms with Crippen LogP contribution < -0.4 is 10.8 Å². The molecule has 0 radical (unpaired) electrons. The third-order valence-electron chi connectivity index (χ3n) is 4.02. The Bertz CT molecular complexity index is 1110. The lowest BCUT2D eigenvalue weighted by molar-refractivity contribution is -0.167. The quantitative estimate of drug-likeness (QED) is 0.359. The molecule has 30 heavy (non-hydrogen) atoms. The van der Waals surface area contributed by atoms with Gasteiger partial charge in [0.05, 0.1) is 12.8 Å². The van der Waals surface area contributed by atoms with E-state index in [2.05, 4.69) is 10.5 Å². The maximum Gasteiger partial charge on any atom is 0.471 e. The van der Waals surface area contributed by atoms with Gasteiger partial charge in [0.25, 0.3) is 0 Å². The van der Waals surface area contributed by atoms with E-state index in [1.807, 2.05) is 0 Å². The predicted molar refractivity (Wildman–Crippen MR) is 98.3 cm³/mol. The number of hydroxylamine groups is 1. The fraction of sp³-hybridized carbons (Fsp3) is 0.158. The lowest BCUT2D eigenvalue weighted by atomic mass is 9.98. The monoisotopic (exact) mass is 426 g/mol. The first-order chi connectivity index (χ1) is 14.2. The Balaban J connectivity index is 2.01. The summed E-state index contributed by atoms with van der Waals surface area (Å²) in [7, 11) is 1.53. The number of nitrogens with zero attached hydrogens (tertiary/aromatic N) is 2. The molecule has 0 spiro atoms. The average molecular weight is 426 g/mol. The Kier molecular flexibility index (Phi) is 6.13. The van der Waals surface area contributed by atoms with Crippen molar-refractivity contribution in [3.63, 3.8) is 0 Å². The summed E-state index contributed by atoms with van der Waals surface area (Å²) in [4.78, 5) is 20.0. The van der Waals surface area contributed by atoms with Crippen LogP contribution in [0.15, 0.2) is 48.8 Å². The second kappa shape index (κ2) is 8.59. The summed E-state index contributed by atoms with van der Waals surface area (Å²) in [6.07, 6.45) is -0.912. The third kappa shape index (κ3) is 4.63. The first-order valence-electron chi connectivity index (χ1n) is 8.51. The summed E-state index contributed by atoms with van der Waals surface area (Å²) in [5.41, 5.74) is 3.37. The number of nitrogens with one attached hydrogen (secondary N) is 2. The van der Waals surface area contributed by atoms with Crippen LogP contribution in [0.4, 0.5) is 27.8 Å². The number of benzene rings is 1. The van der Waals surface area contributed by atoms with Gasteiger partial charge in [-0.25, -0.2) is 19.2 Å². The maximum absolute atomic E-state index is 14.4. The highest BCUT2D eigenvalue weighted by Gasteiger charge is 2.39. The van der Waals surface area contributed by atoms with Crippen molar-refractivity contribution < 1.29 is 31.6 Å². The highest BCUT2D eigenvalue weighted by atomic mass is 19.4. The van der Waals surface area contributed by atoms with E-state index in [-0.39, 0.29) is 23.6 Å². The molecule has 1 aromatic carbocycles. The summed E-state index contributed by atoms with van der Waals surface area (Å²) >= 11 is 0. The van der Waals surface area contributed by atoms with E-state index in [4.69, 9.17) is 4.84 Å². The van der Waals surface area contributed by atoms with E-state index >= 15 is 0 Å². The Morgan fingerprint density at radius 3 is 2.67 bits per heavy atom. The molecule has 6 nitrogen and oxygen atoms in total. The second-order valence-electron chi connectivity index (χ2n) is 6.00. The molecule has 2 aromatic heterocycles. The van der Waals surface area contributed by atoms with Gasteiger partial charge in [-0.1, -0.05) is 12.1 Å². The number of carbonyl (C=O) groups excluding carboxylic acids is 1. The van der Waals surface area contributed by atoms with Gasteiger partial charge in [-0.3, -0.25) is 9.63 Å². The van der Waals surface area contributed by atoms with Crippen molar-refractivity contribution in [2.24, 2.45) is 0 Å². The number of rotatable bonds is 6. The Hall–Kier alpha value is -3.31. The number of aromatic nitrogens is 2. The van der Waals surface area contributed by atoms with Crippen molar-refractivity contribution in [3.8, 4) is 0 Å². The number of fused-ring (bicyclic) bond motifs is 1. The minimum absolute atomic E-state index is 0.0244. The van der Waals surface area contributed by atoms with E-state index in [0.717, 1.165) is 6.07 Å². The zero-order valence-electron chi connectivity index (χ0n) is 15.4. The van der Waals surface area contributed by atoms with Gasteiger partial charge in [0.15, 0.2) is 17.5 Å². The lowest BCUT2D eigenvalue weighted by Crippen LogP contribution is -2.30. The van der Waals surface area contributed by atoms with E-state index in [0.29, 0.717) is 11.1 Å². The molecule has 2 heterocycles. The predicted octanol–water partition coefficient (Wildman–Crippen LogP) is 3.70. The van der Waals surface area contributed by atoms with Crippen LogP contribution in [-0.4, -0.2) is 35.1 Å². The fourth-order valence-electron chi connectivity index (χ4n) is 2.70. The van der Waals surface area contributed by atoms with Gasteiger partial charge >= 0.3 is 12.1 Å². The molecule has 0 aliphatic heterocycles. The first-order valence-corrected chi connectivity index (χ1v) is 8.51. The van der Waals surface area contributed by atoms with E-state index in [1.165, 1.54) is 54.2 Å². The van der Waals surface area contributed by atoms with Crippen LogP contribution in [0.2, 0.25) is 0 Å². The van der Waals surface area contributed by atoms with Gasteiger partial charge < -0.3 is 9.72 Å². The largest absolute Gasteiger partial charge is 0.471 e. The van der Waals surface area contributed by atoms with Gasteiger partial charge in [-0.2, -0.15) is 13.2 Å². The Morgan fingerprint density at radius 1 is 1.20 bits per heavy atom. The summed E-state index contributed by atoms with van der Waals surface area (Å²) in [5.74, 6) is -4.56. The number of pyridine rings is 1. The summed E-state index contributed by atoms with van der Waals surface area (Å²) in [6, 6.07) is 6.71. The lowest BCUT2D eigenvalue weighted by Gasteiger charge is -2.11. The van der Waals surface area contributed by atoms with Crippen LogP contribution >= 0.6 is 0 Å². The van der Waals surface area contributed by atoms with Gasteiger partial charge in [0, 0.05) is 18.8 Å². The Labute approximate surface area is 166 Å². The summed E-state index contributed by atoms with van der Waals surface area (Å²) < 4.78 is 66.7. The van der Waals surface area contributed by atoms with Crippen LogP contribution in [0.5, 0.6) is 0 Å². The fourth-order valence-corrected chi connectivity index (χ4v) is 2.70. The minimum Gasteiger partial charge on any atom is -0.304 e. The molecule has 0 saturated carbocycles. The van der Waals surface area contributed by atoms with Crippen LogP contribution in [0.3, 0.4) is 0 Å². The molecule has 2 N–H and O–H groups in total. The number of anilines is 1. The normalized spacial score (nSPS) is 12.4. The van der Waals surface area contributed by atoms with Gasteiger partial charge in [0.1, 0.15) is 5.65 Å². The third-order valence-corrected chi connectivity index (χ3v) is 4.02. The zero-order valence-corrected chi connectivity index (χ0v) is 15.4. The Morgan fingerprint density at radius 2 is 1.97 bits per heavy atom. The van der Waals surface area contributed by atoms with E-state index < -0.39 is 23.7 Å². The number of carbonyl (C=O) groups is 1. The van der Waals surface area contributed by atoms with Crippen LogP contribution in [-0.2, 0) is 9.63 Å². The van der Waals surface area contributed by atoms with Crippen LogP contribution in [0.1, 0.15) is 11.1 Å². The molecule has 0 atom stereocenters. The molecule has 158 valence electrons. The van der Waals surface area contributed by atoms with E-state index in [9.17, 15) is 26.7 Å². The van der Waals surface area contributed by atoms with Crippen LogP contribution in [0, 0.1) is 11.6 Å². The zero-order chi connectivity index (χ0) is 21.9. The average Bonchev–Trinajstić information content (AvgIpc) is 3.08. The molecule has 3 aromatic rings. The molecule has 3 rings (SSSR count). The standard InChI is InChI=1S/C19H15F5N4O2/c1-25-30-8-7-12(13-3-2-4-14(20)17(13)21)11-5-6-16-26-15(10-28(16)9-11)27-18(29)19(22,23)24/h2-7,9-10,25H,8H2,1H3,(H,27,29). The van der Waals surface area contributed by atoms with Crippen molar-refractivity contribution in [2.45, 2.75) is 6.18 Å². The van der Waals surface area contributed by atoms with Gasteiger partial charge in [0.2, 0.25) is 0 Å². The van der Waals surface area contributed by atoms with Gasteiger partial charge in [-0.05, 0) is 35.4 Å². The SMILES string of the molecule is CNOCC=C(c1ccc2nc(NC(=O)C(F)(F)F)cn2c1)c1cccc(F)c1F. The van der Waals surface area contributed by atoms with Crippen molar-refractivity contribution in [1.29, 1.82) is 0 Å². The number of alkyl halides is 3. The summed E-state index contributed by atoms with van der Waals surface area (Å²) in [6.45, 7) is 0.0244. The molecule has 0 fully saturated rings. The van der Waals surface area contributed by atoms with Crippen LogP contribution in [0.25, 0.3) is 11.2 Å². The highest BCUT2D eigenvalue weighted by molar-refractivity contribution is 5.94. The number of amides is 1. The molecule has 11 heteroatoms. The number of halogens is 5. The molecular formula is C19H15F5N4O2. The van der Waals surface area contributed by atoms with Crippen molar-refractivity contribution >= 4 is 22.9 Å². The maximum atomic E-state index is 14.4. The molecule has 1 amide bonds. The molecule has 0 aliphatic carbocycles. The number of imidazole rings is 1. The summed E-state index contributed by atoms with van der Waals surface area (Å²) in [5, 5.41) is 1.66. The molecule has 0 saturated heterocycles.